The smallest absolute Gasteiger partial charge is 0.411 e. The van der Waals surface area contributed by atoms with E-state index >= 15 is 0 Å². The number of carbonyl (C=O) groups is 1. The molecule has 0 saturated carbocycles. The van der Waals surface area contributed by atoms with Gasteiger partial charge in [-0.05, 0) is 42.8 Å². The van der Waals surface area contributed by atoms with Crippen molar-refractivity contribution in [3.8, 4) is 0 Å². The van der Waals surface area contributed by atoms with Gasteiger partial charge in [0.25, 0.3) is 0 Å². The van der Waals surface area contributed by atoms with Gasteiger partial charge in [-0.15, -0.1) is 24.8 Å². The number of anilines is 3. The summed E-state index contributed by atoms with van der Waals surface area (Å²) < 4.78 is 27.8. The fraction of sp³-hybridized carbons (Fsp3) is 0.259. The molecule has 4 heterocycles. The number of ether oxygens (including phenoxy) is 2. The van der Waals surface area contributed by atoms with Gasteiger partial charge in [0.1, 0.15) is 24.3 Å². The van der Waals surface area contributed by atoms with E-state index in [2.05, 4.69) is 31.1 Å². The zero-order chi connectivity index (χ0) is 26.8. The van der Waals surface area contributed by atoms with Crippen LogP contribution in [-0.4, -0.2) is 62.9 Å². The highest BCUT2D eigenvalue weighted by Gasteiger charge is 2.18. The number of hydrogen-bond donors (Lipinski definition) is 3. The molecule has 0 aliphatic carbocycles. The topological polar surface area (TPSA) is 120 Å². The number of hydrogen-bond acceptors (Lipinski definition) is 8. The third-order valence-electron chi connectivity index (χ3n) is 6.60. The number of morpholine rings is 1. The Labute approximate surface area is 247 Å². The molecule has 0 radical (unpaired) electrons. The van der Waals surface area contributed by atoms with E-state index < -0.39 is 6.09 Å². The van der Waals surface area contributed by atoms with Crippen molar-refractivity contribution in [2.75, 3.05) is 37.0 Å². The van der Waals surface area contributed by atoms with Gasteiger partial charge >= 0.3 is 6.09 Å². The first kappa shape index (κ1) is 30.0. The first-order valence-corrected chi connectivity index (χ1v) is 12.6. The predicted molar refractivity (Wildman–Crippen MR) is 158 cm³/mol. The number of carbonyl (C=O) groups excluding carboxylic acids is 1. The minimum atomic E-state index is -0.551. The van der Waals surface area contributed by atoms with Crippen LogP contribution < -0.4 is 16.0 Å². The van der Waals surface area contributed by atoms with Crippen LogP contribution in [0.25, 0.3) is 16.4 Å². The number of nitrogens with one attached hydrogen (secondary N) is 3. The number of rotatable bonds is 7. The van der Waals surface area contributed by atoms with Gasteiger partial charge in [-0.25, -0.2) is 18.7 Å². The van der Waals surface area contributed by atoms with E-state index in [0.29, 0.717) is 31.3 Å². The van der Waals surface area contributed by atoms with Crippen molar-refractivity contribution >= 4 is 64.5 Å². The highest BCUT2D eigenvalue weighted by molar-refractivity contribution is 5.91. The van der Waals surface area contributed by atoms with Crippen LogP contribution in [0.1, 0.15) is 11.1 Å². The van der Waals surface area contributed by atoms with Crippen LogP contribution in [0.4, 0.5) is 26.4 Å². The van der Waals surface area contributed by atoms with Crippen molar-refractivity contribution in [2.45, 2.75) is 19.5 Å². The molecule has 3 aromatic heterocycles. The van der Waals surface area contributed by atoms with Crippen molar-refractivity contribution in [3.05, 3.63) is 78.1 Å². The molecule has 0 bridgehead atoms. The summed E-state index contributed by atoms with van der Waals surface area (Å²) >= 11 is 0. The average molecular weight is 603 g/mol. The second kappa shape index (κ2) is 13.1. The Morgan fingerprint density at radius 1 is 1.22 bits per heavy atom. The van der Waals surface area contributed by atoms with E-state index in [-0.39, 0.29) is 43.3 Å². The molecule has 216 valence electrons. The summed E-state index contributed by atoms with van der Waals surface area (Å²) in [4.78, 5) is 16.9. The molecule has 5 aromatic rings. The van der Waals surface area contributed by atoms with Crippen LogP contribution in [0, 0.1) is 12.7 Å². The zero-order valence-corrected chi connectivity index (χ0v) is 23.7. The Balaban J connectivity index is 0.00000194. The molecule has 6 rings (SSSR count). The van der Waals surface area contributed by atoms with Gasteiger partial charge in [-0.3, -0.25) is 10.00 Å². The summed E-state index contributed by atoms with van der Waals surface area (Å²) in [5, 5.41) is 19.1. The Morgan fingerprint density at radius 2 is 2.10 bits per heavy atom. The third kappa shape index (κ3) is 6.68. The molecule has 1 saturated heterocycles. The number of amides is 1. The average Bonchev–Trinajstić information content (AvgIpc) is 3.48. The molecule has 1 amide bonds. The molecule has 1 aliphatic heterocycles. The monoisotopic (exact) mass is 602 g/mol. The Morgan fingerprint density at radius 3 is 2.90 bits per heavy atom. The summed E-state index contributed by atoms with van der Waals surface area (Å²) in [6.45, 7) is 4.46. The number of fused-ring (bicyclic) bond motifs is 2. The molecule has 1 aliphatic rings. The first-order chi connectivity index (χ1) is 19.0. The molecule has 1 fully saturated rings. The molecule has 41 heavy (non-hydrogen) atoms. The van der Waals surface area contributed by atoms with Crippen molar-refractivity contribution in [2.24, 2.45) is 0 Å². The highest BCUT2D eigenvalue weighted by Crippen LogP contribution is 2.29. The summed E-state index contributed by atoms with van der Waals surface area (Å²) in [5.74, 6) is 0.313. The Bertz CT molecular complexity index is 1650. The fourth-order valence-corrected chi connectivity index (χ4v) is 4.66. The summed E-state index contributed by atoms with van der Waals surface area (Å²) in [7, 11) is 0. The van der Waals surface area contributed by atoms with Crippen molar-refractivity contribution in [3.63, 3.8) is 0 Å². The van der Waals surface area contributed by atoms with Crippen molar-refractivity contribution < 1.29 is 18.7 Å². The van der Waals surface area contributed by atoms with E-state index in [4.69, 9.17) is 9.47 Å². The van der Waals surface area contributed by atoms with Gasteiger partial charge < -0.3 is 20.1 Å². The number of benzene rings is 2. The molecule has 0 spiro atoms. The van der Waals surface area contributed by atoms with Crippen molar-refractivity contribution in [1.29, 1.82) is 0 Å². The largest absolute Gasteiger partial charge is 0.448 e. The second-order valence-corrected chi connectivity index (χ2v) is 9.35. The minimum absolute atomic E-state index is 0. The van der Waals surface area contributed by atoms with Crippen LogP contribution in [-0.2, 0) is 16.0 Å². The van der Waals surface area contributed by atoms with Gasteiger partial charge in [0, 0.05) is 23.2 Å². The maximum Gasteiger partial charge on any atom is 0.411 e. The quantitative estimate of drug-likeness (QED) is 0.245. The second-order valence-electron chi connectivity index (χ2n) is 9.35. The van der Waals surface area contributed by atoms with Gasteiger partial charge in [0.2, 0.25) is 0 Å². The van der Waals surface area contributed by atoms with E-state index in [1.807, 2.05) is 35.9 Å². The van der Waals surface area contributed by atoms with Crippen LogP contribution >= 0.6 is 24.8 Å². The lowest BCUT2D eigenvalue weighted by Crippen LogP contribution is -2.44. The fourth-order valence-electron chi connectivity index (χ4n) is 4.66. The van der Waals surface area contributed by atoms with Crippen LogP contribution in [0.15, 0.2) is 61.2 Å². The molecule has 14 heteroatoms. The lowest BCUT2D eigenvalue weighted by atomic mass is 10.2. The van der Waals surface area contributed by atoms with E-state index in [1.54, 1.807) is 23.0 Å². The molecule has 11 nitrogen and oxygen atoms in total. The molecule has 0 unspecified atom stereocenters. The Kier molecular flexibility index (Phi) is 9.61. The van der Waals surface area contributed by atoms with E-state index in [0.717, 1.165) is 39.8 Å². The summed E-state index contributed by atoms with van der Waals surface area (Å²) in [6, 6.07) is 12.3. The number of nitrogens with zero attached hydrogens (tertiary/aromatic N) is 5. The number of aromatic nitrogens is 5. The molecule has 2 aromatic carbocycles. The molecule has 3 N–H and O–H groups in total. The third-order valence-corrected chi connectivity index (χ3v) is 6.60. The SMILES string of the molecule is Cc1c(NC(=O)OC[C@@H]2COCCN2)cn2ncnc(Nc3ccc4c(cnn4Cc4cccc(F)c4)c3)c12.Cl.Cl. The van der Waals surface area contributed by atoms with Gasteiger partial charge in [-0.2, -0.15) is 10.2 Å². The molecular formula is C27H29Cl2FN8O3. The zero-order valence-electron chi connectivity index (χ0n) is 22.0. The predicted octanol–water partition coefficient (Wildman–Crippen LogP) is 4.70. The lowest BCUT2D eigenvalue weighted by Gasteiger charge is -2.23. The standard InChI is InChI=1S/C27H27FN8O3.2ClH/c1-17-23(34-27(37)39-15-22-14-38-8-7-29-22)13-36-25(17)26(30-16-32-36)33-21-5-6-24-19(10-21)11-31-35(24)12-18-3-2-4-20(28)9-18;;/h2-6,9-11,13,16,22,29H,7-8,12,14-15H2,1H3,(H,34,37)(H,30,32,33);2*1H/t22-;;/m0../s1. The van der Waals surface area contributed by atoms with E-state index in [9.17, 15) is 9.18 Å². The highest BCUT2D eigenvalue weighted by atomic mass is 35.5. The number of halogens is 3. The Hall–Kier alpha value is -3.97. The lowest BCUT2D eigenvalue weighted by molar-refractivity contribution is 0.0494. The molecule has 1 atom stereocenters. The first-order valence-electron chi connectivity index (χ1n) is 12.6. The van der Waals surface area contributed by atoms with Gasteiger partial charge in [-0.1, -0.05) is 12.1 Å². The van der Waals surface area contributed by atoms with Crippen LogP contribution in [0.3, 0.4) is 0 Å². The van der Waals surface area contributed by atoms with Crippen LogP contribution in [0.2, 0.25) is 0 Å². The molecular weight excluding hydrogens is 574 g/mol. The number of aryl methyl sites for hydroxylation is 1. The normalized spacial score (nSPS) is 14.7. The van der Waals surface area contributed by atoms with Crippen molar-refractivity contribution in [1.82, 2.24) is 29.7 Å². The summed E-state index contributed by atoms with van der Waals surface area (Å²) in [5.41, 5.74) is 4.66. The van der Waals surface area contributed by atoms with Gasteiger partial charge in [0.15, 0.2) is 5.82 Å². The maximum absolute atomic E-state index is 13.6. The minimum Gasteiger partial charge on any atom is -0.448 e. The van der Waals surface area contributed by atoms with Gasteiger partial charge in [0.05, 0.1) is 49.4 Å². The summed E-state index contributed by atoms with van der Waals surface area (Å²) in [6.07, 6.45) is 4.40. The van der Waals surface area contributed by atoms with Crippen LogP contribution in [0.5, 0.6) is 0 Å². The van der Waals surface area contributed by atoms with E-state index in [1.165, 1.54) is 18.5 Å². The maximum atomic E-state index is 13.6.